The van der Waals surface area contributed by atoms with E-state index in [0.29, 0.717) is 17.2 Å². The number of carbonyl (C=O) groups excluding carboxylic acids is 1. The van der Waals surface area contributed by atoms with Crippen LogP contribution in [0.2, 0.25) is 0 Å². The lowest BCUT2D eigenvalue weighted by Gasteiger charge is -2.35. The molecule has 142 valence electrons. The van der Waals surface area contributed by atoms with Crippen LogP contribution in [0.1, 0.15) is 25.1 Å². The predicted octanol–water partition coefficient (Wildman–Crippen LogP) is 4.00. The van der Waals surface area contributed by atoms with Gasteiger partial charge in [0, 0.05) is 33.8 Å². The summed E-state index contributed by atoms with van der Waals surface area (Å²) in [5, 5.41) is 2.61. The summed E-state index contributed by atoms with van der Waals surface area (Å²) < 4.78 is 1.46. The molecule has 3 aromatic rings. The Morgan fingerprint density at radius 3 is 2.67 bits per heavy atom. The van der Waals surface area contributed by atoms with Gasteiger partial charge < -0.3 is 4.90 Å². The standard InChI is InChI=1S/C20H23N3O2S2/c1-12-6-13(2)8-22(7-12)17(24)9-23-11-21-19-18(20(23)25)15(10-26-19)16-5-4-14(3)27-16/h4-5,10-13H,6-9H2,1-3H3/t12-,13-/m0/s1. The van der Waals surface area contributed by atoms with Gasteiger partial charge >= 0.3 is 0 Å². The molecule has 0 bridgehead atoms. The minimum Gasteiger partial charge on any atom is -0.341 e. The Morgan fingerprint density at radius 1 is 1.26 bits per heavy atom. The van der Waals surface area contributed by atoms with Crippen molar-refractivity contribution in [1.82, 2.24) is 14.5 Å². The molecule has 7 heteroatoms. The van der Waals surface area contributed by atoms with Gasteiger partial charge in [-0.25, -0.2) is 4.98 Å². The molecule has 3 aromatic heterocycles. The van der Waals surface area contributed by atoms with Crippen LogP contribution in [0.25, 0.3) is 20.7 Å². The molecule has 1 saturated heterocycles. The topological polar surface area (TPSA) is 55.2 Å². The molecule has 0 radical (unpaired) electrons. The van der Waals surface area contributed by atoms with E-state index in [-0.39, 0.29) is 18.0 Å². The van der Waals surface area contributed by atoms with Crippen molar-refractivity contribution in [3.05, 3.63) is 39.1 Å². The Balaban J connectivity index is 1.66. The van der Waals surface area contributed by atoms with Gasteiger partial charge in [0.15, 0.2) is 0 Å². The zero-order valence-electron chi connectivity index (χ0n) is 15.8. The van der Waals surface area contributed by atoms with E-state index in [1.807, 2.05) is 16.3 Å². The summed E-state index contributed by atoms with van der Waals surface area (Å²) >= 11 is 3.14. The molecule has 0 aromatic carbocycles. The van der Waals surface area contributed by atoms with E-state index in [4.69, 9.17) is 0 Å². The number of fused-ring (bicyclic) bond motifs is 1. The molecule has 4 rings (SSSR count). The van der Waals surface area contributed by atoms with E-state index < -0.39 is 0 Å². The zero-order chi connectivity index (χ0) is 19.1. The van der Waals surface area contributed by atoms with E-state index >= 15 is 0 Å². The van der Waals surface area contributed by atoms with Crippen molar-refractivity contribution in [3.63, 3.8) is 0 Å². The van der Waals surface area contributed by atoms with E-state index in [1.165, 1.54) is 27.1 Å². The molecule has 1 fully saturated rings. The number of carbonyl (C=O) groups is 1. The van der Waals surface area contributed by atoms with Crippen LogP contribution in [0.15, 0.2) is 28.6 Å². The lowest BCUT2D eigenvalue weighted by atomic mass is 9.92. The van der Waals surface area contributed by atoms with Crippen LogP contribution in [0, 0.1) is 18.8 Å². The van der Waals surface area contributed by atoms with E-state index in [0.717, 1.165) is 34.8 Å². The smallest absolute Gasteiger partial charge is 0.263 e. The maximum Gasteiger partial charge on any atom is 0.263 e. The minimum absolute atomic E-state index is 0.000368. The third-order valence-electron chi connectivity index (χ3n) is 5.09. The summed E-state index contributed by atoms with van der Waals surface area (Å²) in [6.45, 7) is 8.00. The minimum atomic E-state index is -0.131. The molecular formula is C20H23N3O2S2. The van der Waals surface area contributed by atoms with Crippen LogP contribution < -0.4 is 5.56 Å². The number of hydrogen-bond donors (Lipinski definition) is 0. The number of likely N-dealkylation sites (tertiary alicyclic amines) is 1. The SMILES string of the molecule is Cc1ccc(-c2csc3ncn(CC(=O)N4C[C@@H](C)C[C@H](C)C4)c(=O)c23)s1. The number of thiophene rings is 2. The Kier molecular flexibility index (Phi) is 4.90. The van der Waals surface area contributed by atoms with E-state index in [9.17, 15) is 9.59 Å². The summed E-state index contributed by atoms with van der Waals surface area (Å²) in [5.74, 6) is 1.00. The normalized spacial score (nSPS) is 20.3. The maximum atomic E-state index is 13.1. The molecule has 5 nitrogen and oxygen atoms in total. The number of aryl methyl sites for hydroxylation is 1. The first-order chi connectivity index (χ1) is 12.9. The molecule has 0 spiro atoms. The predicted molar refractivity (Wildman–Crippen MR) is 111 cm³/mol. The van der Waals surface area contributed by atoms with Gasteiger partial charge in [-0.3, -0.25) is 14.2 Å². The van der Waals surface area contributed by atoms with Crippen molar-refractivity contribution >= 4 is 38.8 Å². The largest absolute Gasteiger partial charge is 0.341 e. The fourth-order valence-electron chi connectivity index (χ4n) is 3.95. The van der Waals surface area contributed by atoms with Gasteiger partial charge in [0.1, 0.15) is 11.4 Å². The van der Waals surface area contributed by atoms with Crippen molar-refractivity contribution in [2.75, 3.05) is 13.1 Å². The fraction of sp³-hybridized carbons (Fsp3) is 0.450. The molecule has 1 amide bonds. The Bertz CT molecular complexity index is 1040. The second kappa shape index (κ2) is 7.20. The average molecular weight is 402 g/mol. The first-order valence-corrected chi connectivity index (χ1v) is 10.9. The number of aromatic nitrogens is 2. The van der Waals surface area contributed by atoms with Gasteiger partial charge in [-0.2, -0.15) is 0 Å². The van der Waals surface area contributed by atoms with Crippen LogP contribution in [0.3, 0.4) is 0 Å². The van der Waals surface area contributed by atoms with Gasteiger partial charge in [-0.1, -0.05) is 13.8 Å². The molecule has 2 atom stereocenters. The van der Waals surface area contributed by atoms with Crippen LogP contribution in [-0.4, -0.2) is 33.4 Å². The highest BCUT2D eigenvalue weighted by Crippen LogP contribution is 2.34. The number of hydrogen-bond acceptors (Lipinski definition) is 5. The molecule has 0 aliphatic carbocycles. The fourth-order valence-corrected chi connectivity index (χ4v) is 5.82. The van der Waals surface area contributed by atoms with Crippen LogP contribution in [0.5, 0.6) is 0 Å². The van der Waals surface area contributed by atoms with Crippen molar-refractivity contribution in [1.29, 1.82) is 0 Å². The van der Waals surface area contributed by atoms with Gasteiger partial charge in [-0.15, -0.1) is 22.7 Å². The molecular weight excluding hydrogens is 378 g/mol. The maximum absolute atomic E-state index is 13.1. The number of piperidine rings is 1. The summed E-state index contributed by atoms with van der Waals surface area (Å²) in [6, 6.07) is 4.10. The quantitative estimate of drug-likeness (QED) is 0.667. The summed E-state index contributed by atoms with van der Waals surface area (Å²) in [6.07, 6.45) is 2.66. The van der Waals surface area contributed by atoms with Crippen LogP contribution in [-0.2, 0) is 11.3 Å². The first kappa shape index (κ1) is 18.4. The molecule has 0 unspecified atom stereocenters. The highest BCUT2D eigenvalue weighted by molar-refractivity contribution is 7.19. The van der Waals surface area contributed by atoms with Crippen LogP contribution >= 0.6 is 22.7 Å². The van der Waals surface area contributed by atoms with Crippen molar-refractivity contribution in [2.45, 2.75) is 33.7 Å². The molecule has 1 aliphatic rings. The second-order valence-electron chi connectivity index (χ2n) is 7.66. The number of amides is 1. The highest BCUT2D eigenvalue weighted by Gasteiger charge is 2.26. The van der Waals surface area contributed by atoms with E-state index in [1.54, 1.807) is 11.3 Å². The summed E-state index contributed by atoms with van der Waals surface area (Å²) in [7, 11) is 0. The number of rotatable bonds is 3. The molecule has 1 aliphatic heterocycles. The van der Waals surface area contributed by atoms with Gasteiger partial charge in [0.2, 0.25) is 5.91 Å². The van der Waals surface area contributed by atoms with Gasteiger partial charge in [-0.05, 0) is 37.3 Å². The summed E-state index contributed by atoms with van der Waals surface area (Å²) in [5.41, 5.74) is 0.793. The third kappa shape index (κ3) is 3.58. The lowest BCUT2D eigenvalue weighted by Crippen LogP contribution is -2.44. The van der Waals surface area contributed by atoms with Crippen molar-refractivity contribution < 1.29 is 4.79 Å². The number of nitrogens with zero attached hydrogens (tertiary/aromatic N) is 3. The Labute approximate surface area is 166 Å². The van der Waals surface area contributed by atoms with Crippen molar-refractivity contribution in [3.8, 4) is 10.4 Å². The Hall–Kier alpha value is -1.99. The monoisotopic (exact) mass is 401 g/mol. The van der Waals surface area contributed by atoms with Crippen LogP contribution in [0.4, 0.5) is 0 Å². The molecule has 0 saturated carbocycles. The second-order valence-corrected chi connectivity index (χ2v) is 9.81. The van der Waals surface area contributed by atoms with Crippen molar-refractivity contribution in [2.24, 2.45) is 11.8 Å². The third-order valence-corrected chi connectivity index (χ3v) is 7.01. The Morgan fingerprint density at radius 2 is 2.00 bits per heavy atom. The zero-order valence-corrected chi connectivity index (χ0v) is 17.4. The molecule has 4 heterocycles. The first-order valence-electron chi connectivity index (χ1n) is 9.23. The highest BCUT2D eigenvalue weighted by atomic mass is 32.1. The average Bonchev–Trinajstić information content (AvgIpc) is 3.22. The van der Waals surface area contributed by atoms with E-state index in [2.05, 4.69) is 31.8 Å². The summed E-state index contributed by atoms with van der Waals surface area (Å²) in [4.78, 5) is 35.2. The molecule has 27 heavy (non-hydrogen) atoms. The van der Waals surface area contributed by atoms with Gasteiger partial charge in [0.05, 0.1) is 11.7 Å². The van der Waals surface area contributed by atoms with Gasteiger partial charge in [0.25, 0.3) is 5.56 Å². The molecule has 0 N–H and O–H groups in total. The lowest BCUT2D eigenvalue weighted by molar-refractivity contribution is -0.134.